The standard InChI is InChI=1S/C27H44O4.C23H36O4/c1-3-5-7-9-11-13-18-22-30-26(28)25(24-20-16-15-17-21-24)27(29)31-23-19-14-12-10-8-6-4-2;1-3-5-7-9-14-18-26-22(24)21(20-16-12-11-13-17-20)23(25)27-19-15-10-8-6-4-2/h15-17,20-21,25H,3-14,18-19,22-23H2,1-2H3;11-13,16-17,21H,3-10,14-15,18-19H2,1-2H3. The summed E-state index contributed by atoms with van der Waals surface area (Å²) in [5.74, 6) is -3.99. The van der Waals surface area contributed by atoms with Crippen molar-refractivity contribution < 1.29 is 38.1 Å². The van der Waals surface area contributed by atoms with E-state index in [1.807, 2.05) is 36.4 Å². The molecule has 2 aromatic rings. The van der Waals surface area contributed by atoms with Crippen molar-refractivity contribution in [3.63, 3.8) is 0 Å². The van der Waals surface area contributed by atoms with Crippen LogP contribution < -0.4 is 0 Å². The molecule has 0 saturated carbocycles. The molecule has 0 bridgehead atoms. The maximum atomic E-state index is 12.7. The lowest BCUT2D eigenvalue weighted by atomic mass is 9.99. The third kappa shape index (κ3) is 26.3. The number of rotatable bonds is 34. The molecular formula is C50H80O8. The molecule has 0 heterocycles. The van der Waals surface area contributed by atoms with Gasteiger partial charge >= 0.3 is 23.9 Å². The molecule has 0 atom stereocenters. The lowest BCUT2D eigenvalue weighted by molar-refractivity contribution is -0.159. The second kappa shape index (κ2) is 37.6. The molecule has 0 saturated heterocycles. The van der Waals surface area contributed by atoms with E-state index < -0.39 is 35.7 Å². The van der Waals surface area contributed by atoms with Gasteiger partial charge < -0.3 is 18.9 Å². The fraction of sp³-hybridized carbons (Fsp3) is 0.680. The van der Waals surface area contributed by atoms with Gasteiger partial charge in [0.15, 0.2) is 11.8 Å². The summed E-state index contributed by atoms with van der Waals surface area (Å²) < 4.78 is 21.7. The van der Waals surface area contributed by atoms with Gasteiger partial charge in [0.25, 0.3) is 0 Å². The van der Waals surface area contributed by atoms with E-state index in [-0.39, 0.29) is 0 Å². The Morgan fingerprint density at radius 3 is 0.759 bits per heavy atom. The average molecular weight is 809 g/mol. The van der Waals surface area contributed by atoms with Crippen molar-refractivity contribution in [2.24, 2.45) is 0 Å². The van der Waals surface area contributed by atoms with Gasteiger partial charge in [-0.2, -0.15) is 0 Å². The van der Waals surface area contributed by atoms with E-state index in [4.69, 9.17) is 18.9 Å². The first-order chi connectivity index (χ1) is 28.4. The fourth-order valence-electron chi connectivity index (χ4n) is 6.58. The van der Waals surface area contributed by atoms with Crippen LogP contribution in [0.3, 0.4) is 0 Å². The first-order valence-electron chi connectivity index (χ1n) is 23.2. The monoisotopic (exact) mass is 809 g/mol. The highest BCUT2D eigenvalue weighted by Gasteiger charge is 2.32. The number of hydrogen-bond acceptors (Lipinski definition) is 8. The second-order valence-electron chi connectivity index (χ2n) is 15.4. The van der Waals surface area contributed by atoms with Crippen molar-refractivity contribution in [2.75, 3.05) is 26.4 Å². The van der Waals surface area contributed by atoms with E-state index in [2.05, 4.69) is 27.7 Å². The Kier molecular flexibility index (Phi) is 33.9. The van der Waals surface area contributed by atoms with Crippen LogP contribution in [0.1, 0.15) is 205 Å². The lowest BCUT2D eigenvalue weighted by Gasteiger charge is -2.16. The molecule has 8 nitrogen and oxygen atoms in total. The highest BCUT2D eigenvalue weighted by atomic mass is 16.6. The van der Waals surface area contributed by atoms with Crippen LogP contribution in [-0.4, -0.2) is 50.3 Å². The number of hydrogen-bond donors (Lipinski definition) is 0. The third-order valence-electron chi connectivity index (χ3n) is 10.2. The predicted octanol–water partition coefficient (Wildman–Crippen LogP) is 13.2. The molecule has 328 valence electrons. The van der Waals surface area contributed by atoms with Crippen molar-refractivity contribution in [2.45, 2.75) is 194 Å². The summed E-state index contributed by atoms with van der Waals surface area (Å²) in [4.78, 5) is 50.4. The Hall–Kier alpha value is -3.68. The van der Waals surface area contributed by atoms with Crippen LogP contribution in [0.5, 0.6) is 0 Å². The van der Waals surface area contributed by atoms with Crippen molar-refractivity contribution in [3.05, 3.63) is 71.8 Å². The molecule has 0 spiro atoms. The molecular weight excluding hydrogens is 729 g/mol. The molecule has 0 aromatic heterocycles. The van der Waals surface area contributed by atoms with E-state index in [1.165, 1.54) is 89.9 Å². The van der Waals surface area contributed by atoms with Gasteiger partial charge in [-0.3, -0.25) is 19.2 Å². The summed E-state index contributed by atoms with van der Waals surface area (Å²) in [6.07, 6.45) is 27.0. The molecule has 2 aromatic carbocycles. The Labute approximate surface area is 352 Å². The first kappa shape index (κ1) is 52.3. The normalized spacial score (nSPS) is 10.9. The topological polar surface area (TPSA) is 105 Å². The number of carbonyl (C=O) groups is 4. The summed E-state index contributed by atoms with van der Waals surface area (Å²) in [5.41, 5.74) is 1.26. The zero-order chi connectivity index (χ0) is 42.3. The summed E-state index contributed by atoms with van der Waals surface area (Å²) in [7, 11) is 0. The molecule has 0 N–H and O–H groups in total. The zero-order valence-corrected chi connectivity index (χ0v) is 37.0. The van der Waals surface area contributed by atoms with Gasteiger partial charge in [0.2, 0.25) is 0 Å². The summed E-state index contributed by atoms with van der Waals surface area (Å²) >= 11 is 0. The number of ether oxygens (including phenoxy) is 4. The Balaban J connectivity index is 0.000000586. The van der Waals surface area contributed by atoms with Gasteiger partial charge in [0, 0.05) is 0 Å². The van der Waals surface area contributed by atoms with Crippen molar-refractivity contribution in [1.29, 1.82) is 0 Å². The molecule has 0 unspecified atom stereocenters. The van der Waals surface area contributed by atoms with Crippen LogP contribution in [0.4, 0.5) is 0 Å². The average Bonchev–Trinajstić information content (AvgIpc) is 3.23. The number of unbranched alkanes of at least 4 members (excludes halogenated alkanes) is 20. The molecule has 8 heteroatoms. The largest absolute Gasteiger partial charge is 0.465 e. The lowest BCUT2D eigenvalue weighted by Crippen LogP contribution is -2.26. The van der Waals surface area contributed by atoms with E-state index in [1.54, 1.807) is 24.3 Å². The number of benzene rings is 2. The van der Waals surface area contributed by atoms with Gasteiger partial charge in [-0.05, 0) is 36.8 Å². The van der Waals surface area contributed by atoms with E-state index in [0.717, 1.165) is 64.2 Å². The number of carbonyl (C=O) groups excluding carboxylic acids is 4. The Bertz CT molecular complexity index is 1220. The highest BCUT2D eigenvalue weighted by molar-refractivity contribution is 6.01. The molecule has 2 rings (SSSR count). The Morgan fingerprint density at radius 1 is 0.328 bits per heavy atom. The van der Waals surface area contributed by atoms with Crippen LogP contribution in [0, 0.1) is 0 Å². The van der Waals surface area contributed by atoms with Crippen LogP contribution >= 0.6 is 0 Å². The minimum Gasteiger partial charge on any atom is -0.465 e. The maximum Gasteiger partial charge on any atom is 0.324 e. The van der Waals surface area contributed by atoms with Crippen LogP contribution in [-0.2, 0) is 38.1 Å². The van der Waals surface area contributed by atoms with Crippen molar-refractivity contribution >= 4 is 23.9 Å². The van der Waals surface area contributed by atoms with E-state index >= 15 is 0 Å². The summed E-state index contributed by atoms with van der Waals surface area (Å²) in [6.45, 7) is 10.2. The van der Waals surface area contributed by atoms with Crippen molar-refractivity contribution in [1.82, 2.24) is 0 Å². The molecule has 0 radical (unpaired) electrons. The van der Waals surface area contributed by atoms with Crippen LogP contribution in [0.15, 0.2) is 60.7 Å². The minimum atomic E-state index is -0.990. The summed E-state index contributed by atoms with van der Waals surface area (Å²) in [5, 5.41) is 0. The van der Waals surface area contributed by atoms with Gasteiger partial charge in [-0.15, -0.1) is 0 Å². The molecule has 0 aliphatic carbocycles. The smallest absolute Gasteiger partial charge is 0.324 e. The third-order valence-corrected chi connectivity index (χ3v) is 10.2. The second-order valence-corrected chi connectivity index (χ2v) is 15.4. The van der Waals surface area contributed by atoms with E-state index in [0.29, 0.717) is 37.6 Å². The molecule has 0 amide bonds. The van der Waals surface area contributed by atoms with Gasteiger partial charge in [0.05, 0.1) is 26.4 Å². The van der Waals surface area contributed by atoms with Gasteiger partial charge in [-0.25, -0.2) is 0 Å². The fourth-order valence-corrected chi connectivity index (χ4v) is 6.58. The maximum absolute atomic E-state index is 12.7. The molecule has 0 aliphatic rings. The molecule has 0 fully saturated rings. The summed E-state index contributed by atoms with van der Waals surface area (Å²) in [6, 6.07) is 18.1. The number of esters is 4. The predicted molar refractivity (Wildman–Crippen MR) is 236 cm³/mol. The SMILES string of the molecule is CCCCCCCCCOC(=O)C(C(=O)OCCCCCCCCC)c1ccccc1.CCCCCCCOC(=O)C(C(=O)OCCCCCCC)c1ccccc1. The zero-order valence-electron chi connectivity index (χ0n) is 37.0. The van der Waals surface area contributed by atoms with Crippen molar-refractivity contribution in [3.8, 4) is 0 Å². The van der Waals surface area contributed by atoms with Gasteiger partial charge in [0.1, 0.15) is 0 Å². The molecule has 0 aliphatic heterocycles. The molecule has 58 heavy (non-hydrogen) atoms. The highest BCUT2D eigenvalue weighted by Crippen LogP contribution is 2.22. The van der Waals surface area contributed by atoms with Crippen LogP contribution in [0.25, 0.3) is 0 Å². The minimum absolute atomic E-state index is 0.357. The Morgan fingerprint density at radius 2 is 0.534 bits per heavy atom. The van der Waals surface area contributed by atoms with Gasteiger partial charge in [-0.1, -0.05) is 217 Å². The van der Waals surface area contributed by atoms with Crippen LogP contribution in [0.2, 0.25) is 0 Å². The quantitative estimate of drug-likeness (QED) is 0.0298. The first-order valence-corrected chi connectivity index (χ1v) is 23.2. The van der Waals surface area contributed by atoms with E-state index in [9.17, 15) is 19.2 Å².